The summed E-state index contributed by atoms with van der Waals surface area (Å²) >= 11 is 0. The van der Waals surface area contributed by atoms with Crippen LogP contribution in [0, 0.1) is 0 Å². The van der Waals surface area contributed by atoms with Crippen molar-refractivity contribution in [2.45, 2.75) is 31.2 Å². The van der Waals surface area contributed by atoms with Crippen LogP contribution < -0.4 is 5.32 Å². The Kier molecular flexibility index (Phi) is 5.67. The summed E-state index contributed by atoms with van der Waals surface area (Å²) in [5.74, 6) is 1.13. The molecule has 5 rings (SSSR count). The predicted molar refractivity (Wildman–Crippen MR) is 132 cm³/mol. The molecule has 0 aliphatic rings. The monoisotopic (exact) mass is 472 g/mol. The van der Waals surface area contributed by atoms with Crippen molar-refractivity contribution in [1.82, 2.24) is 14.2 Å². The maximum absolute atomic E-state index is 13.6. The Morgan fingerprint density at radius 2 is 1.71 bits per heavy atom. The average molecular weight is 473 g/mol. The first kappa shape index (κ1) is 21.9. The van der Waals surface area contributed by atoms with Crippen molar-refractivity contribution in [2.24, 2.45) is 0 Å². The molecule has 0 radical (unpaired) electrons. The molecule has 0 saturated heterocycles. The van der Waals surface area contributed by atoms with E-state index < -0.39 is 10.0 Å². The molecule has 0 amide bonds. The summed E-state index contributed by atoms with van der Waals surface area (Å²) in [6, 6.07) is 24.2. The summed E-state index contributed by atoms with van der Waals surface area (Å²) in [6.45, 7) is 4.68. The van der Waals surface area contributed by atoms with Crippen LogP contribution in [-0.4, -0.2) is 22.6 Å². The van der Waals surface area contributed by atoms with Gasteiger partial charge in [-0.15, -0.1) is 9.19 Å². The van der Waals surface area contributed by atoms with Gasteiger partial charge in [-0.25, -0.2) is 0 Å². The molecule has 0 bridgehead atoms. The number of nitrogens with zero attached hydrogens (tertiary/aromatic N) is 3. The predicted octanol–water partition coefficient (Wildman–Crippen LogP) is 5.66. The molecule has 0 aliphatic carbocycles. The number of fused-ring (bicyclic) bond motifs is 1. The van der Waals surface area contributed by atoms with Crippen molar-refractivity contribution < 1.29 is 12.8 Å². The summed E-state index contributed by atoms with van der Waals surface area (Å²) < 4.78 is 33.5. The van der Waals surface area contributed by atoms with Gasteiger partial charge in [0.2, 0.25) is 11.8 Å². The van der Waals surface area contributed by atoms with Crippen molar-refractivity contribution >= 4 is 26.7 Å². The Hall–Kier alpha value is -3.91. The smallest absolute Gasteiger partial charge is 0.286 e. The van der Waals surface area contributed by atoms with Gasteiger partial charge in [0.15, 0.2) is 5.76 Å². The van der Waals surface area contributed by atoms with E-state index in [0.29, 0.717) is 18.2 Å². The van der Waals surface area contributed by atoms with Crippen LogP contribution in [0.25, 0.3) is 22.4 Å². The largest absolute Gasteiger partial charge is 0.461 e. The Bertz CT molecular complexity index is 1540. The highest BCUT2D eigenvalue weighted by molar-refractivity contribution is 7.90. The van der Waals surface area contributed by atoms with Gasteiger partial charge in [-0.05, 0) is 52.1 Å². The Labute approximate surface area is 198 Å². The maximum atomic E-state index is 13.6. The second-order valence-electron chi connectivity index (χ2n) is 8.34. The number of benzene rings is 3. The van der Waals surface area contributed by atoms with Gasteiger partial charge in [-0.3, -0.25) is 0 Å². The maximum Gasteiger partial charge on any atom is 0.286 e. The Morgan fingerprint density at radius 3 is 2.41 bits per heavy atom. The third-order valence-electron chi connectivity index (χ3n) is 5.66. The van der Waals surface area contributed by atoms with Gasteiger partial charge in [-0.1, -0.05) is 68.4 Å². The molecule has 5 aromatic rings. The highest BCUT2D eigenvalue weighted by Gasteiger charge is 2.25. The van der Waals surface area contributed by atoms with Crippen molar-refractivity contribution in [3.05, 3.63) is 96.3 Å². The number of anilines is 1. The molecule has 2 heterocycles. The first-order valence-corrected chi connectivity index (χ1v) is 12.4. The Morgan fingerprint density at radius 1 is 0.941 bits per heavy atom. The highest BCUT2D eigenvalue weighted by atomic mass is 32.2. The van der Waals surface area contributed by atoms with Crippen molar-refractivity contribution in [1.29, 1.82) is 0 Å². The van der Waals surface area contributed by atoms with Crippen LogP contribution in [0.15, 0.2) is 94.4 Å². The number of hydrogen-bond donors (Lipinski definition) is 1. The van der Waals surface area contributed by atoms with Crippen LogP contribution in [0.3, 0.4) is 0 Å². The lowest BCUT2D eigenvalue weighted by molar-refractivity contribution is 0.573. The van der Waals surface area contributed by atoms with E-state index in [1.807, 2.05) is 36.4 Å². The van der Waals surface area contributed by atoms with Gasteiger partial charge in [-0.2, -0.15) is 13.4 Å². The molecule has 0 saturated carbocycles. The molecule has 0 atom stereocenters. The van der Waals surface area contributed by atoms with E-state index in [4.69, 9.17) is 4.42 Å². The SMILES string of the molecule is CC(C)c1ccc(CNc2nc(-c3ccco3)nn2S(=O)(=O)c2ccc3ccccc3c2)cc1. The lowest BCUT2D eigenvalue weighted by atomic mass is 10.0. The summed E-state index contributed by atoms with van der Waals surface area (Å²) in [6.07, 6.45) is 1.50. The lowest BCUT2D eigenvalue weighted by Crippen LogP contribution is -2.18. The molecule has 3 aromatic carbocycles. The van der Waals surface area contributed by atoms with E-state index in [-0.39, 0.29) is 16.7 Å². The van der Waals surface area contributed by atoms with Crippen LogP contribution >= 0.6 is 0 Å². The molecule has 7 nitrogen and oxygen atoms in total. The van der Waals surface area contributed by atoms with E-state index in [2.05, 4.69) is 41.4 Å². The molecular formula is C26H24N4O3S. The quantitative estimate of drug-likeness (QED) is 0.329. The zero-order chi connectivity index (χ0) is 23.7. The van der Waals surface area contributed by atoms with Crippen LogP contribution in [0.2, 0.25) is 0 Å². The minimum absolute atomic E-state index is 0.118. The first-order chi connectivity index (χ1) is 16.4. The third-order valence-corrected chi connectivity index (χ3v) is 7.22. The molecule has 1 N–H and O–H groups in total. The van der Waals surface area contributed by atoms with Crippen LogP contribution in [0.1, 0.15) is 30.9 Å². The van der Waals surface area contributed by atoms with Crippen molar-refractivity contribution in [2.75, 3.05) is 5.32 Å². The van der Waals surface area contributed by atoms with Gasteiger partial charge in [0.1, 0.15) is 0 Å². The van der Waals surface area contributed by atoms with Gasteiger partial charge in [0.05, 0.1) is 11.2 Å². The van der Waals surface area contributed by atoms with Gasteiger partial charge >= 0.3 is 0 Å². The van der Waals surface area contributed by atoms with E-state index in [9.17, 15) is 8.42 Å². The molecule has 0 fully saturated rings. The second kappa shape index (κ2) is 8.79. The number of aromatic nitrogens is 3. The summed E-state index contributed by atoms with van der Waals surface area (Å²) in [5.41, 5.74) is 2.24. The molecular weight excluding hydrogens is 448 g/mol. The summed E-state index contributed by atoms with van der Waals surface area (Å²) in [5, 5.41) is 9.22. The molecule has 0 spiro atoms. The van der Waals surface area contributed by atoms with Crippen LogP contribution in [0.4, 0.5) is 5.95 Å². The van der Waals surface area contributed by atoms with E-state index in [1.165, 1.54) is 11.8 Å². The lowest BCUT2D eigenvalue weighted by Gasteiger charge is -2.11. The second-order valence-corrected chi connectivity index (χ2v) is 10.1. The van der Waals surface area contributed by atoms with Crippen LogP contribution in [0.5, 0.6) is 0 Å². The minimum atomic E-state index is -4.01. The van der Waals surface area contributed by atoms with E-state index in [1.54, 1.807) is 30.3 Å². The van der Waals surface area contributed by atoms with Gasteiger partial charge in [0.25, 0.3) is 10.0 Å². The normalized spacial score (nSPS) is 11.9. The van der Waals surface area contributed by atoms with Crippen LogP contribution in [-0.2, 0) is 16.6 Å². The number of hydrogen-bond acceptors (Lipinski definition) is 6. The fourth-order valence-electron chi connectivity index (χ4n) is 3.71. The molecule has 172 valence electrons. The standard InChI is InChI=1S/C26H24N4O3S/c1-18(2)20-11-9-19(10-12-20)17-27-26-28-25(24-8-5-15-33-24)29-30(26)34(31,32)23-14-13-21-6-3-4-7-22(21)16-23/h3-16,18H,17H2,1-2H3,(H,27,28,29). The topological polar surface area (TPSA) is 90.0 Å². The molecule has 0 unspecified atom stereocenters. The van der Waals surface area contributed by atoms with E-state index in [0.717, 1.165) is 20.4 Å². The summed E-state index contributed by atoms with van der Waals surface area (Å²) in [4.78, 5) is 4.57. The zero-order valence-electron chi connectivity index (χ0n) is 18.8. The zero-order valence-corrected chi connectivity index (χ0v) is 19.7. The third kappa shape index (κ3) is 4.20. The fourth-order valence-corrected chi connectivity index (χ4v) is 4.95. The van der Waals surface area contributed by atoms with Crippen molar-refractivity contribution in [3.63, 3.8) is 0 Å². The average Bonchev–Trinajstić information content (AvgIpc) is 3.53. The van der Waals surface area contributed by atoms with Crippen molar-refractivity contribution in [3.8, 4) is 11.6 Å². The molecule has 34 heavy (non-hydrogen) atoms. The number of nitrogens with one attached hydrogen (secondary N) is 1. The number of rotatable bonds is 7. The molecule has 2 aromatic heterocycles. The molecule has 8 heteroatoms. The van der Waals surface area contributed by atoms with Gasteiger partial charge < -0.3 is 9.73 Å². The number of furan rings is 1. The summed E-state index contributed by atoms with van der Waals surface area (Å²) in [7, 11) is -4.01. The first-order valence-electron chi connectivity index (χ1n) is 11.0. The fraction of sp³-hybridized carbons (Fsp3) is 0.154. The minimum Gasteiger partial charge on any atom is -0.461 e. The van der Waals surface area contributed by atoms with E-state index >= 15 is 0 Å². The van der Waals surface area contributed by atoms with Gasteiger partial charge in [0, 0.05) is 6.54 Å². The molecule has 0 aliphatic heterocycles. The Balaban J connectivity index is 1.52. The highest BCUT2D eigenvalue weighted by Crippen LogP contribution is 2.25.